The molecule has 4 aromatic heterocycles. The van der Waals surface area contributed by atoms with Gasteiger partial charge in [0.05, 0.1) is 0 Å². The molecular formula is C8H18LiP7. The minimum absolute atomic E-state index is 0. The van der Waals surface area contributed by atoms with Gasteiger partial charge in [-0.1, -0.05) is 41.5 Å². The molecule has 8 heteroatoms. The van der Waals surface area contributed by atoms with Crippen LogP contribution in [0.2, 0.25) is 0 Å². The van der Waals surface area contributed by atoms with Gasteiger partial charge in [0.15, 0.2) is 0 Å². The molecule has 0 spiro atoms. The zero-order valence-corrected chi connectivity index (χ0v) is 17.4. The predicted octanol–water partition coefficient (Wildman–Crippen LogP) is 5.92. The fraction of sp³-hybridized carbons (Fsp3) is 1.00. The summed E-state index contributed by atoms with van der Waals surface area (Å²) in [7, 11) is 2.07. The smallest absolute Gasteiger partial charge is 0.162 e. The largest absolute Gasteiger partial charge is 1.00 e. The zero-order chi connectivity index (χ0) is 11.2. The van der Waals surface area contributed by atoms with Gasteiger partial charge in [0.25, 0.3) is 0 Å². The molecule has 0 aliphatic heterocycles. The molecule has 0 saturated heterocycles. The van der Waals surface area contributed by atoms with E-state index < -0.39 is 0 Å². The van der Waals surface area contributed by atoms with Gasteiger partial charge in [-0.3, -0.25) is 0 Å². The third kappa shape index (κ3) is 2.06. The molecule has 4 unspecified atom stereocenters. The average Bonchev–Trinajstić information content (AvgIpc) is 2.48. The maximum atomic E-state index is 2.55. The Hall–Kier alpha value is 2.70. The maximum absolute atomic E-state index is 2.55. The molecule has 16 heavy (non-hydrogen) atoms. The Kier molecular flexibility index (Phi) is 4.10. The van der Waals surface area contributed by atoms with Gasteiger partial charge in [-0.15, -0.1) is 20.3 Å². The Balaban J connectivity index is 0.000000963. The van der Waals surface area contributed by atoms with Crippen molar-refractivity contribution < 1.29 is 18.9 Å². The van der Waals surface area contributed by atoms with Crippen LogP contribution in [0.25, 0.3) is 0 Å². The first kappa shape index (κ1) is 15.1. The monoisotopic (exact) mass is 338 g/mol. The molecule has 0 fully saturated rings. The van der Waals surface area contributed by atoms with Crippen molar-refractivity contribution in [1.82, 2.24) is 0 Å². The molecule has 0 nitrogen and oxygen atoms in total. The molecule has 0 aliphatic rings. The van der Waals surface area contributed by atoms with Gasteiger partial charge in [0, 0.05) is 0 Å². The summed E-state index contributed by atoms with van der Waals surface area (Å²) < 4.78 is 0. The van der Waals surface area contributed by atoms with E-state index in [1.54, 1.807) is 0 Å². The van der Waals surface area contributed by atoms with Gasteiger partial charge in [-0.05, 0) is 10.3 Å². The van der Waals surface area contributed by atoms with E-state index in [2.05, 4.69) is 49.1 Å². The van der Waals surface area contributed by atoms with Crippen LogP contribution >= 0.6 is 46.8 Å². The molecule has 4 atom stereocenters. The minimum Gasteiger partial charge on any atom is -0.162 e. The Morgan fingerprint density at radius 3 is 1.25 bits per heavy atom. The van der Waals surface area contributed by atoms with Gasteiger partial charge in [-0.25, -0.2) is 0 Å². The third-order valence-electron chi connectivity index (χ3n) is 2.49. The molecule has 0 aliphatic carbocycles. The Labute approximate surface area is 117 Å². The molecule has 4 rings (SSSR count). The van der Waals surface area contributed by atoms with E-state index in [-0.39, 0.29) is 18.9 Å². The first-order valence-electron chi connectivity index (χ1n) is 5.25. The Bertz CT molecular complexity index is 554. The van der Waals surface area contributed by atoms with E-state index in [1.165, 1.54) is 0 Å². The number of hydrogen-bond acceptors (Lipinski definition) is 0. The van der Waals surface area contributed by atoms with Gasteiger partial charge in [-0.2, -0.15) is 26.5 Å². The van der Waals surface area contributed by atoms with Crippen LogP contribution in [0, 0.1) is 0 Å². The molecule has 0 saturated carbocycles. The van der Waals surface area contributed by atoms with E-state index >= 15 is 0 Å². The van der Waals surface area contributed by atoms with Crippen LogP contribution in [0.3, 0.4) is 0 Å². The van der Waals surface area contributed by atoms with Crippen LogP contribution in [0.5, 0.6) is 0 Å². The van der Waals surface area contributed by atoms with Crippen molar-refractivity contribution in [2.75, 3.05) is 0 Å². The fourth-order valence-corrected chi connectivity index (χ4v) is 192. The maximum Gasteiger partial charge on any atom is 1.00 e. The van der Waals surface area contributed by atoms with Crippen LogP contribution in [0.1, 0.15) is 41.5 Å². The Morgan fingerprint density at radius 2 is 1.06 bits per heavy atom. The number of rotatable bonds is 0. The van der Waals surface area contributed by atoms with Crippen molar-refractivity contribution in [3.8, 4) is 0 Å². The second-order valence-electron chi connectivity index (χ2n) is 6.08. The summed E-state index contributed by atoms with van der Waals surface area (Å²) in [5.41, 5.74) is 0. The molecule has 4 aromatic rings. The second-order valence-corrected chi connectivity index (χ2v) is 46.8. The molecule has 0 N–H and O–H groups in total. The van der Waals surface area contributed by atoms with E-state index in [1.807, 2.05) is 0 Å². The Morgan fingerprint density at radius 1 is 0.688 bits per heavy atom. The van der Waals surface area contributed by atoms with Gasteiger partial charge in [0.2, 0.25) is 0 Å². The summed E-state index contributed by atoms with van der Waals surface area (Å²) in [6.45, 7) is 16.4. The van der Waals surface area contributed by atoms with Gasteiger partial charge in [0.1, 0.15) is 0 Å². The van der Waals surface area contributed by atoms with E-state index in [0.29, 0.717) is 39.3 Å². The third-order valence-corrected chi connectivity index (χ3v) is 90.9. The average molecular weight is 338 g/mol. The molecule has 0 aromatic carbocycles. The van der Waals surface area contributed by atoms with Gasteiger partial charge < -0.3 is 0 Å². The quantitative estimate of drug-likeness (QED) is 0.447. The zero-order valence-electron chi connectivity index (χ0n) is 11.1. The summed E-state index contributed by atoms with van der Waals surface area (Å²) in [5, 5.41) is 1.44. The standard InChI is InChI=1S/C8H18P7.Li/c1-7(2,3)10-12-9-13-14(10)15(13)11(12)8(4,5)6;/h1-6H3;/q-1;+1. The molecule has 4 heterocycles. The summed E-state index contributed by atoms with van der Waals surface area (Å²) in [6, 6.07) is 0. The molecule has 86 valence electrons. The van der Waals surface area contributed by atoms with E-state index in [0.717, 1.165) is 10.3 Å². The summed E-state index contributed by atoms with van der Waals surface area (Å²) >= 11 is 0. The van der Waals surface area contributed by atoms with Crippen LogP contribution in [-0.4, -0.2) is 0 Å². The number of hydrogen-bond donors (Lipinski definition) is 0. The van der Waals surface area contributed by atoms with Gasteiger partial charge >= 0.3 is 18.9 Å². The van der Waals surface area contributed by atoms with E-state index in [4.69, 9.17) is 0 Å². The summed E-state index contributed by atoms with van der Waals surface area (Å²) in [4.78, 5) is 0. The first-order chi connectivity index (χ1) is 6.73. The van der Waals surface area contributed by atoms with Crippen LogP contribution in [0.15, 0.2) is 0 Å². The van der Waals surface area contributed by atoms with Crippen molar-refractivity contribution in [2.45, 2.75) is 51.9 Å². The van der Waals surface area contributed by atoms with Crippen molar-refractivity contribution in [3.63, 3.8) is 0 Å². The summed E-state index contributed by atoms with van der Waals surface area (Å²) in [6.07, 6.45) is 2.65. The fourth-order valence-electron chi connectivity index (χ4n) is 1.93. The molecule has 4 bridgehead atoms. The minimum atomic E-state index is 0. The van der Waals surface area contributed by atoms with Crippen molar-refractivity contribution in [3.05, 3.63) is 0 Å². The second kappa shape index (κ2) is 4.35. The van der Waals surface area contributed by atoms with Crippen LogP contribution in [0.4, 0.5) is 0 Å². The summed E-state index contributed by atoms with van der Waals surface area (Å²) in [5.74, 6) is 0. The van der Waals surface area contributed by atoms with Crippen LogP contribution in [-0.2, 0) is 10.3 Å². The molecule has 0 amide bonds. The molecule has 0 radical (unpaired) electrons. The first-order valence-corrected chi connectivity index (χ1v) is 20.5. The topological polar surface area (TPSA) is 0 Å². The van der Waals surface area contributed by atoms with Crippen LogP contribution < -0.4 is 18.9 Å². The van der Waals surface area contributed by atoms with Crippen molar-refractivity contribution in [2.24, 2.45) is 0 Å². The van der Waals surface area contributed by atoms with E-state index in [9.17, 15) is 0 Å². The van der Waals surface area contributed by atoms with Crippen molar-refractivity contribution >= 4 is 46.8 Å². The molecular weight excluding hydrogens is 320 g/mol. The predicted molar refractivity (Wildman–Crippen MR) is 87.6 cm³/mol. The normalized spacial score (nSPS) is 21.6. The van der Waals surface area contributed by atoms with Crippen molar-refractivity contribution in [1.29, 1.82) is 0 Å². The SMILES string of the molecule is CC(C)(C)p1p2[p-]p3p1p3p2C(C)(C)C.[Li+].